The molecular formula is C11H21N. The van der Waals surface area contributed by atoms with Gasteiger partial charge in [0.1, 0.15) is 0 Å². The lowest BCUT2D eigenvalue weighted by molar-refractivity contribution is 0.480. The molecule has 0 bridgehead atoms. The number of hydrogen-bond acceptors (Lipinski definition) is 1. The molecule has 0 atom stereocenters. The third kappa shape index (κ3) is 4.22. The van der Waals surface area contributed by atoms with E-state index in [4.69, 9.17) is 5.73 Å². The van der Waals surface area contributed by atoms with Gasteiger partial charge in [-0.15, -0.1) is 0 Å². The minimum Gasteiger partial charge on any atom is -0.405 e. The number of allylic oxidation sites excluding steroid dienone is 3. The molecular weight excluding hydrogens is 146 g/mol. The van der Waals surface area contributed by atoms with E-state index in [0.29, 0.717) is 0 Å². The minimum absolute atomic E-state index is 0.273. The van der Waals surface area contributed by atoms with Crippen molar-refractivity contribution in [3.05, 3.63) is 23.9 Å². The summed E-state index contributed by atoms with van der Waals surface area (Å²) in [5.41, 5.74) is 7.03. The summed E-state index contributed by atoms with van der Waals surface area (Å²) < 4.78 is 0. The zero-order valence-electron chi connectivity index (χ0n) is 8.72. The molecule has 0 aliphatic rings. The van der Waals surface area contributed by atoms with Crippen molar-refractivity contribution in [1.29, 1.82) is 0 Å². The van der Waals surface area contributed by atoms with Gasteiger partial charge in [-0.25, -0.2) is 0 Å². The summed E-state index contributed by atoms with van der Waals surface area (Å²) in [6.45, 7) is 8.91. The monoisotopic (exact) mass is 167 g/mol. The van der Waals surface area contributed by atoms with E-state index in [2.05, 4.69) is 33.8 Å². The molecule has 0 saturated carbocycles. The molecule has 0 spiro atoms. The van der Waals surface area contributed by atoms with Crippen molar-refractivity contribution in [2.45, 2.75) is 40.5 Å². The molecule has 0 rings (SSSR count). The van der Waals surface area contributed by atoms with Crippen LogP contribution in [0.5, 0.6) is 0 Å². The molecule has 0 amide bonds. The van der Waals surface area contributed by atoms with Gasteiger partial charge in [-0.2, -0.15) is 0 Å². The quantitative estimate of drug-likeness (QED) is 0.642. The van der Waals surface area contributed by atoms with Crippen LogP contribution in [0.3, 0.4) is 0 Å². The van der Waals surface area contributed by atoms with Crippen LogP contribution in [-0.2, 0) is 0 Å². The van der Waals surface area contributed by atoms with Crippen molar-refractivity contribution in [1.82, 2.24) is 0 Å². The van der Waals surface area contributed by atoms with E-state index in [1.54, 1.807) is 6.20 Å². The molecule has 0 unspecified atom stereocenters. The van der Waals surface area contributed by atoms with Gasteiger partial charge in [0.15, 0.2) is 0 Å². The highest BCUT2D eigenvalue weighted by molar-refractivity contribution is 5.17. The van der Waals surface area contributed by atoms with E-state index in [1.165, 1.54) is 12.0 Å². The molecule has 12 heavy (non-hydrogen) atoms. The van der Waals surface area contributed by atoms with Crippen LogP contribution in [0.2, 0.25) is 0 Å². The predicted molar refractivity (Wildman–Crippen MR) is 55.8 cm³/mol. The predicted octanol–water partition coefficient (Wildman–Crippen LogP) is 3.23. The zero-order chi connectivity index (χ0) is 9.61. The van der Waals surface area contributed by atoms with Crippen LogP contribution >= 0.6 is 0 Å². The first-order valence-electron chi connectivity index (χ1n) is 4.60. The summed E-state index contributed by atoms with van der Waals surface area (Å²) in [5.74, 6) is 0. The number of nitrogens with two attached hydrogens (primary N) is 1. The SMILES string of the molecule is CCC/C(=C\C=C/N)C(C)(C)C. The molecule has 0 saturated heterocycles. The molecule has 0 aromatic rings. The van der Waals surface area contributed by atoms with Gasteiger partial charge < -0.3 is 5.73 Å². The fourth-order valence-corrected chi connectivity index (χ4v) is 1.15. The van der Waals surface area contributed by atoms with Gasteiger partial charge in [-0.3, -0.25) is 0 Å². The van der Waals surface area contributed by atoms with Gasteiger partial charge in [0, 0.05) is 0 Å². The first-order chi connectivity index (χ1) is 5.52. The Morgan fingerprint density at radius 2 is 1.92 bits per heavy atom. The van der Waals surface area contributed by atoms with Crippen LogP contribution in [0.1, 0.15) is 40.5 Å². The van der Waals surface area contributed by atoms with Crippen molar-refractivity contribution >= 4 is 0 Å². The standard InChI is InChI=1S/C11H21N/c1-5-7-10(8-6-9-12)11(2,3)4/h6,8-9H,5,7,12H2,1-4H3/b9-6-,10-8+. The first-order valence-corrected chi connectivity index (χ1v) is 4.60. The van der Waals surface area contributed by atoms with Gasteiger partial charge in [-0.05, 0) is 24.1 Å². The van der Waals surface area contributed by atoms with Crippen LogP contribution in [-0.4, -0.2) is 0 Å². The van der Waals surface area contributed by atoms with E-state index in [1.807, 2.05) is 6.08 Å². The van der Waals surface area contributed by atoms with Crippen LogP contribution in [0.4, 0.5) is 0 Å². The molecule has 1 heteroatoms. The molecule has 0 fully saturated rings. The minimum atomic E-state index is 0.273. The lowest BCUT2D eigenvalue weighted by Gasteiger charge is -2.22. The second-order valence-corrected chi connectivity index (χ2v) is 4.08. The molecule has 1 nitrogen and oxygen atoms in total. The third-order valence-corrected chi connectivity index (χ3v) is 1.89. The maximum Gasteiger partial charge on any atom is -0.00624 e. The number of hydrogen-bond donors (Lipinski definition) is 1. The van der Waals surface area contributed by atoms with Gasteiger partial charge in [0.2, 0.25) is 0 Å². The Morgan fingerprint density at radius 3 is 2.25 bits per heavy atom. The number of rotatable bonds is 3. The third-order valence-electron chi connectivity index (χ3n) is 1.89. The fraction of sp³-hybridized carbons (Fsp3) is 0.636. The zero-order valence-corrected chi connectivity index (χ0v) is 8.72. The van der Waals surface area contributed by atoms with E-state index in [0.717, 1.165) is 6.42 Å². The van der Waals surface area contributed by atoms with Crippen molar-refractivity contribution < 1.29 is 0 Å². The van der Waals surface area contributed by atoms with E-state index in [9.17, 15) is 0 Å². The summed E-state index contributed by atoms with van der Waals surface area (Å²) in [5, 5.41) is 0. The first kappa shape index (κ1) is 11.3. The normalized spacial score (nSPS) is 14.2. The summed E-state index contributed by atoms with van der Waals surface area (Å²) in [6.07, 6.45) is 7.98. The Labute approximate surface area is 76.3 Å². The average molecular weight is 167 g/mol. The highest BCUT2D eigenvalue weighted by Crippen LogP contribution is 2.28. The van der Waals surface area contributed by atoms with Crippen LogP contribution < -0.4 is 5.73 Å². The Kier molecular flexibility index (Phi) is 4.72. The summed E-state index contributed by atoms with van der Waals surface area (Å²) in [4.78, 5) is 0. The highest BCUT2D eigenvalue weighted by Gasteiger charge is 2.14. The maximum absolute atomic E-state index is 5.29. The Morgan fingerprint density at radius 1 is 1.33 bits per heavy atom. The molecule has 0 heterocycles. The Bertz CT molecular complexity index is 170. The lowest BCUT2D eigenvalue weighted by Crippen LogP contribution is -2.08. The van der Waals surface area contributed by atoms with Gasteiger partial charge >= 0.3 is 0 Å². The molecule has 0 aromatic heterocycles. The highest BCUT2D eigenvalue weighted by atomic mass is 14.5. The summed E-state index contributed by atoms with van der Waals surface area (Å²) in [6, 6.07) is 0. The Balaban J connectivity index is 4.43. The van der Waals surface area contributed by atoms with Crippen molar-refractivity contribution in [2.75, 3.05) is 0 Å². The molecule has 70 valence electrons. The van der Waals surface area contributed by atoms with Crippen molar-refractivity contribution in [3.63, 3.8) is 0 Å². The second kappa shape index (κ2) is 5.02. The second-order valence-electron chi connectivity index (χ2n) is 4.08. The molecule has 0 aromatic carbocycles. The lowest BCUT2D eigenvalue weighted by atomic mass is 9.83. The van der Waals surface area contributed by atoms with Crippen LogP contribution in [0.25, 0.3) is 0 Å². The molecule has 2 N–H and O–H groups in total. The summed E-state index contributed by atoms with van der Waals surface area (Å²) >= 11 is 0. The topological polar surface area (TPSA) is 26.0 Å². The van der Waals surface area contributed by atoms with Gasteiger partial charge in [0.25, 0.3) is 0 Å². The largest absolute Gasteiger partial charge is 0.405 e. The molecule has 0 aliphatic carbocycles. The van der Waals surface area contributed by atoms with Gasteiger partial charge in [-0.1, -0.05) is 45.8 Å². The van der Waals surface area contributed by atoms with E-state index >= 15 is 0 Å². The average Bonchev–Trinajstić information content (AvgIpc) is 1.95. The summed E-state index contributed by atoms with van der Waals surface area (Å²) in [7, 11) is 0. The van der Waals surface area contributed by atoms with Gasteiger partial charge in [0.05, 0.1) is 0 Å². The van der Waals surface area contributed by atoms with Crippen molar-refractivity contribution in [3.8, 4) is 0 Å². The van der Waals surface area contributed by atoms with Crippen LogP contribution in [0, 0.1) is 5.41 Å². The van der Waals surface area contributed by atoms with Crippen molar-refractivity contribution in [2.24, 2.45) is 11.1 Å². The maximum atomic E-state index is 5.29. The van der Waals surface area contributed by atoms with Crippen LogP contribution in [0.15, 0.2) is 23.9 Å². The smallest absolute Gasteiger partial charge is 0.00624 e. The fourth-order valence-electron chi connectivity index (χ4n) is 1.15. The Hall–Kier alpha value is -0.720. The molecule has 0 radical (unpaired) electrons. The van der Waals surface area contributed by atoms with E-state index in [-0.39, 0.29) is 5.41 Å². The molecule has 0 aliphatic heterocycles. The van der Waals surface area contributed by atoms with E-state index < -0.39 is 0 Å².